The molecule has 0 saturated carbocycles. The molecule has 0 aliphatic heterocycles. The fraction of sp³-hybridized carbons (Fsp3) is 0.222. The topological polar surface area (TPSA) is 17.1 Å². The van der Waals surface area contributed by atoms with Crippen LogP contribution in [-0.2, 0) is 0 Å². The summed E-state index contributed by atoms with van der Waals surface area (Å²) in [5.74, 6) is -1.14. The van der Waals surface area contributed by atoms with Gasteiger partial charge in [0.25, 0.3) is 6.43 Å². The smallest absolute Gasteiger partial charge is 0.273 e. The monoisotopic (exact) mass is 206 g/mol. The van der Waals surface area contributed by atoms with Crippen molar-refractivity contribution in [3.63, 3.8) is 0 Å². The van der Waals surface area contributed by atoms with Crippen molar-refractivity contribution in [1.82, 2.24) is 0 Å². The van der Waals surface area contributed by atoms with Gasteiger partial charge in [0.2, 0.25) is 0 Å². The lowest BCUT2D eigenvalue weighted by Gasteiger charge is -2.10. The van der Waals surface area contributed by atoms with Gasteiger partial charge in [-0.25, -0.2) is 17.6 Å². The van der Waals surface area contributed by atoms with E-state index in [-0.39, 0.29) is 6.29 Å². The van der Waals surface area contributed by atoms with Gasteiger partial charge < -0.3 is 0 Å². The third kappa shape index (κ3) is 1.92. The minimum Gasteiger partial charge on any atom is -0.298 e. The molecule has 5 heteroatoms. The van der Waals surface area contributed by atoms with Crippen LogP contribution in [0.15, 0.2) is 18.2 Å². The van der Waals surface area contributed by atoms with Gasteiger partial charge >= 0.3 is 0 Å². The van der Waals surface area contributed by atoms with Crippen molar-refractivity contribution < 1.29 is 22.4 Å². The van der Waals surface area contributed by atoms with Gasteiger partial charge in [0.15, 0.2) is 12.5 Å². The lowest BCUT2D eigenvalue weighted by atomic mass is 10.0. The van der Waals surface area contributed by atoms with E-state index in [1.54, 1.807) is 0 Å². The largest absolute Gasteiger partial charge is 0.298 e. The van der Waals surface area contributed by atoms with E-state index in [1.165, 1.54) is 0 Å². The van der Waals surface area contributed by atoms with Crippen LogP contribution in [-0.4, -0.2) is 12.7 Å². The summed E-state index contributed by atoms with van der Waals surface area (Å²) in [6.45, 7) is 0. The molecule has 0 amide bonds. The van der Waals surface area contributed by atoms with Crippen molar-refractivity contribution in [2.45, 2.75) is 12.6 Å². The second-order valence-corrected chi connectivity index (χ2v) is 2.60. The number of alkyl halides is 3. The third-order valence-electron chi connectivity index (χ3n) is 1.71. The Morgan fingerprint density at radius 1 is 1.21 bits per heavy atom. The maximum Gasteiger partial charge on any atom is 0.273 e. The summed E-state index contributed by atoms with van der Waals surface area (Å²) in [7, 11) is 0. The second kappa shape index (κ2) is 4.21. The molecule has 0 fully saturated rings. The highest BCUT2D eigenvalue weighted by Crippen LogP contribution is 2.29. The normalized spacial score (nSPS) is 12.9. The SMILES string of the molecule is O=Cc1cccc(F)c1C(F)C(F)F. The number of carbonyl (C=O) groups is 1. The zero-order chi connectivity index (χ0) is 10.7. The standard InChI is InChI=1S/C9H6F4O/c10-6-3-1-2-5(4-14)7(6)8(11)9(12)13/h1-4,8-9H. The Labute approximate surface area is 77.3 Å². The molecule has 0 radical (unpaired) electrons. The van der Waals surface area contributed by atoms with E-state index in [0.29, 0.717) is 0 Å². The fourth-order valence-electron chi connectivity index (χ4n) is 1.07. The Hall–Kier alpha value is -1.39. The number of benzene rings is 1. The number of halogens is 4. The quantitative estimate of drug-likeness (QED) is 0.549. The lowest BCUT2D eigenvalue weighted by molar-refractivity contribution is 0.0472. The fourth-order valence-corrected chi connectivity index (χ4v) is 1.07. The first kappa shape index (κ1) is 10.7. The Morgan fingerprint density at radius 2 is 1.86 bits per heavy atom. The summed E-state index contributed by atoms with van der Waals surface area (Å²) in [5, 5.41) is 0. The Balaban J connectivity index is 3.23. The molecule has 1 unspecified atom stereocenters. The van der Waals surface area contributed by atoms with Gasteiger partial charge in [0.05, 0.1) is 0 Å². The molecule has 0 saturated heterocycles. The number of hydrogen-bond donors (Lipinski definition) is 0. The van der Waals surface area contributed by atoms with Crippen LogP contribution in [0.25, 0.3) is 0 Å². The van der Waals surface area contributed by atoms with E-state index in [9.17, 15) is 22.4 Å². The van der Waals surface area contributed by atoms with Crippen LogP contribution in [0.3, 0.4) is 0 Å². The van der Waals surface area contributed by atoms with Crippen molar-refractivity contribution in [3.8, 4) is 0 Å². The van der Waals surface area contributed by atoms with Crippen LogP contribution in [0.4, 0.5) is 17.6 Å². The first-order chi connectivity index (χ1) is 6.57. The number of rotatable bonds is 3. The maximum atomic E-state index is 12.9. The van der Waals surface area contributed by atoms with Crippen LogP contribution in [0.1, 0.15) is 22.1 Å². The molecule has 76 valence electrons. The van der Waals surface area contributed by atoms with Crippen LogP contribution in [0.5, 0.6) is 0 Å². The summed E-state index contributed by atoms with van der Waals surface area (Å²) in [6, 6.07) is 3.07. The molecule has 0 aliphatic carbocycles. The molecule has 0 aromatic heterocycles. The third-order valence-corrected chi connectivity index (χ3v) is 1.71. The molecule has 14 heavy (non-hydrogen) atoms. The molecule has 0 bridgehead atoms. The van der Waals surface area contributed by atoms with Crippen LogP contribution < -0.4 is 0 Å². The van der Waals surface area contributed by atoms with Gasteiger partial charge in [0, 0.05) is 11.1 Å². The van der Waals surface area contributed by atoms with E-state index >= 15 is 0 Å². The van der Waals surface area contributed by atoms with Crippen molar-refractivity contribution in [2.75, 3.05) is 0 Å². The Kier molecular flexibility index (Phi) is 3.22. The van der Waals surface area contributed by atoms with Crippen LogP contribution >= 0.6 is 0 Å². The van der Waals surface area contributed by atoms with Crippen molar-refractivity contribution in [1.29, 1.82) is 0 Å². The number of aldehydes is 1. The summed E-state index contributed by atoms with van der Waals surface area (Å²) in [4.78, 5) is 10.3. The van der Waals surface area contributed by atoms with Crippen LogP contribution in [0.2, 0.25) is 0 Å². The van der Waals surface area contributed by atoms with E-state index in [2.05, 4.69) is 0 Å². The average molecular weight is 206 g/mol. The van der Waals surface area contributed by atoms with Gasteiger partial charge in [-0.3, -0.25) is 4.79 Å². The van der Waals surface area contributed by atoms with Gasteiger partial charge in [-0.15, -0.1) is 0 Å². The van der Waals surface area contributed by atoms with Gasteiger partial charge in [-0.1, -0.05) is 12.1 Å². The first-order valence-corrected chi connectivity index (χ1v) is 3.73. The molecule has 0 heterocycles. The maximum absolute atomic E-state index is 12.9. The van der Waals surface area contributed by atoms with Crippen molar-refractivity contribution in [2.24, 2.45) is 0 Å². The number of carbonyl (C=O) groups excluding carboxylic acids is 1. The molecule has 0 aliphatic rings. The molecular weight excluding hydrogens is 200 g/mol. The van der Waals surface area contributed by atoms with Gasteiger partial charge in [0.1, 0.15) is 5.82 Å². The molecule has 1 nitrogen and oxygen atoms in total. The average Bonchev–Trinajstić information content (AvgIpc) is 2.16. The molecule has 1 atom stereocenters. The van der Waals surface area contributed by atoms with Crippen LogP contribution in [0, 0.1) is 5.82 Å². The van der Waals surface area contributed by atoms with E-state index < -0.39 is 29.5 Å². The van der Waals surface area contributed by atoms with E-state index in [4.69, 9.17) is 0 Å². The molecule has 0 spiro atoms. The second-order valence-electron chi connectivity index (χ2n) is 2.60. The zero-order valence-electron chi connectivity index (χ0n) is 6.88. The molecule has 0 N–H and O–H groups in total. The highest BCUT2D eigenvalue weighted by Gasteiger charge is 2.27. The Morgan fingerprint density at radius 3 is 2.36 bits per heavy atom. The minimum atomic E-state index is -3.34. The lowest BCUT2D eigenvalue weighted by Crippen LogP contribution is -2.08. The molecule has 1 aromatic carbocycles. The summed E-state index contributed by atoms with van der Waals surface area (Å²) >= 11 is 0. The Bertz CT molecular complexity index is 338. The highest BCUT2D eigenvalue weighted by atomic mass is 19.3. The first-order valence-electron chi connectivity index (χ1n) is 3.73. The minimum absolute atomic E-state index is 0.146. The zero-order valence-corrected chi connectivity index (χ0v) is 6.88. The van der Waals surface area contributed by atoms with Crippen molar-refractivity contribution >= 4 is 6.29 Å². The van der Waals surface area contributed by atoms with Gasteiger partial charge in [-0.05, 0) is 6.07 Å². The summed E-state index contributed by atoms with van der Waals surface area (Å²) < 4.78 is 49.6. The predicted octanol–water partition coefficient (Wildman–Crippen LogP) is 2.91. The highest BCUT2D eigenvalue weighted by molar-refractivity contribution is 5.77. The van der Waals surface area contributed by atoms with E-state index in [0.717, 1.165) is 18.2 Å². The van der Waals surface area contributed by atoms with E-state index in [1.807, 2.05) is 0 Å². The molecule has 1 aromatic rings. The number of hydrogen-bond acceptors (Lipinski definition) is 1. The molecular formula is C9H6F4O. The predicted molar refractivity (Wildman–Crippen MR) is 41.6 cm³/mol. The summed E-state index contributed by atoms with van der Waals surface area (Å²) in [5.41, 5.74) is -1.27. The summed E-state index contributed by atoms with van der Waals surface area (Å²) in [6.07, 6.45) is -5.96. The van der Waals surface area contributed by atoms with Crippen molar-refractivity contribution in [3.05, 3.63) is 35.1 Å². The van der Waals surface area contributed by atoms with Gasteiger partial charge in [-0.2, -0.15) is 0 Å². The molecule has 1 rings (SSSR count).